The molecule has 1 amide bonds. The third kappa shape index (κ3) is 2.59. The molecule has 0 radical (unpaired) electrons. The Labute approximate surface area is 112 Å². The summed E-state index contributed by atoms with van der Waals surface area (Å²) in [4.78, 5) is 22.7. The zero-order chi connectivity index (χ0) is 14.2. The minimum Gasteiger partial charge on any atom is -0.325 e. The van der Waals surface area contributed by atoms with Crippen LogP contribution in [0.3, 0.4) is 0 Å². The van der Waals surface area contributed by atoms with E-state index >= 15 is 0 Å². The molecule has 0 aromatic heterocycles. The van der Waals surface area contributed by atoms with E-state index in [9.17, 15) is 14.9 Å². The van der Waals surface area contributed by atoms with Crippen molar-refractivity contribution in [3.63, 3.8) is 0 Å². The van der Waals surface area contributed by atoms with Crippen molar-refractivity contribution in [1.82, 2.24) is 0 Å². The van der Waals surface area contributed by atoms with Crippen LogP contribution in [-0.2, 0) is 4.79 Å². The molecule has 1 aromatic carbocycles. The van der Waals surface area contributed by atoms with E-state index in [1.165, 1.54) is 0 Å². The molecule has 1 unspecified atom stereocenters. The monoisotopic (exact) mass is 262 g/mol. The Balaban J connectivity index is 2.42. The summed E-state index contributed by atoms with van der Waals surface area (Å²) in [6.45, 7) is 5.62. The molecule has 19 heavy (non-hydrogen) atoms. The molecule has 5 heteroatoms. The lowest BCUT2D eigenvalue weighted by Gasteiger charge is -2.31. The maximum Gasteiger partial charge on any atom is 0.232 e. The molecule has 1 heterocycles. The number of fused-ring (bicyclic) bond motifs is 1. The lowest BCUT2D eigenvalue weighted by atomic mass is 9.71. The summed E-state index contributed by atoms with van der Waals surface area (Å²) >= 11 is 0. The number of nitrogens with one attached hydrogen (secondary N) is 1. The van der Waals surface area contributed by atoms with Gasteiger partial charge in [0.05, 0.1) is 5.92 Å². The summed E-state index contributed by atoms with van der Waals surface area (Å²) < 4.78 is 0. The molecular formula is C14H18N2O3. The standard InChI is InChI=1S/C14H18N2O3/c1-14(2,3)10(8-16(18)19)12-9-6-4-5-7-11(9)15-13(12)17/h4-7,10,12H,8H2,1-3H3,(H,15,17)/t10-,12?/m0/s1. The van der Waals surface area contributed by atoms with Gasteiger partial charge >= 0.3 is 0 Å². The molecule has 0 spiro atoms. The van der Waals surface area contributed by atoms with Gasteiger partial charge in [0.25, 0.3) is 0 Å². The quantitative estimate of drug-likeness (QED) is 0.672. The fourth-order valence-corrected chi connectivity index (χ4v) is 2.67. The highest BCUT2D eigenvalue weighted by molar-refractivity contribution is 6.03. The molecule has 0 fully saturated rings. The Bertz CT molecular complexity index is 520. The zero-order valence-electron chi connectivity index (χ0n) is 11.3. The van der Waals surface area contributed by atoms with Gasteiger partial charge in [-0.15, -0.1) is 0 Å². The number of amides is 1. The third-order valence-electron chi connectivity index (χ3n) is 3.70. The highest BCUT2D eigenvalue weighted by Crippen LogP contribution is 2.44. The van der Waals surface area contributed by atoms with Crippen LogP contribution in [0.5, 0.6) is 0 Å². The molecule has 0 saturated carbocycles. The first-order valence-corrected chi connectivity index (χ1v) is 6.32. The van der Waals surface area contributed by atoms with Gasteiger partial charge in [0.1, 0.15) is 0 Å². The van der Waals surface area contributed by atoms with Gasteiger partial charge in [0, 0.05) is 16.5 Å². The topological polar surface area (TPSA) is 72.2 Å². The Morgan fingerprint density at radius 3 is 2.58 bits per heavy atom. The van der Waals surface area contributed by atoms with Gasteiger partial charge in [-0.25, -0.2) is 0 Å². The van der Waals surface area contributed by atoms with Crippen LogP contribution >= 0.6 is 0 Å². The molecule has 1 aromatic rings. The first-order chi connectivity index (χ1) is 8.80. The molecule has 5 nitrogen and oxygen atoms in total. The van der Waals surface area contributed by atoms with Gasteiger partial charge in [-0.3, -0.25) is 14.9 Å². The van der Waals surface area contributed by atoms with Crippen LogP contribution in [-0.4, -0.2) is 17.4 Å². The van der Waals surface area contributed by atoms with Crippen LogP contribution in [0.1, 0.15) is 32.3 Å². The average molecular weight is 262 g/mol. The molecule has 2 atom stereocenters. The van der Waals surface area contributed by atoms with Crippen LogP contribution in [0.2, 0.25) is 0 Å². The predicted molar refractivity (Wildman–Crippen MR) is 72.6 cm³/mol. The first-order valence-electron chi connectivity index (χ1n) is 6.32. The average Bonchev–Trinajstić information content (AvgIpc) is 2.60. The maximum atomic E-state index is 12.2. The van der Waals surface area contributed by atoms with Crippen molar-refractivity contribution >= 4 is 11.6 Å². The third-order valence-corrected chi connectivity index (χ3v) is 3.70. The lowest BCUT2D eigenvalue weighted by molar-refractivity contribution is -0.492. The summed E-state index contributed by atoms with van der Waals surface area (Å²) in [5.41, 5.74) is 1.33. The first kappa shape index (κ1) is 13.5. The minimum atomic E-state index is -0.443. The molecule has 0 aliphatic carbocycles. The molecule has 1 aliphatic heterocycles. The van der Waals surface area contributed by atoms with E-state index in [0.717, 1.165) is 11.3 Å². The van der Waals surface area contributed by atoms with Crippen LogP contribution in [0.25, 0.3) is 0 Å². The van der Waals surface area contributed by atoms with Gasteiger partial charge in [0.2, 0.25) is 12.5 Å². The fraction of sp³-hybridized carbons (Fsp3) is 0.500. The largest absolute Gasteiger partial charge is 0.325 e. The summed E-state index contributed by atoms with van der Waals surface area (Å²) in [5.74, 6) is -0.907. The molecule has 2 rings (SSSR count). The molecule has 1 N–H and O–H groups in total. The Morgan fingerprint density at radius 2 is 2.00 bits per heavy atom. The summed E-state index contributed by atoms with van der Waals surface area (Å²) in [6, 6.07) is 7.41. The molecule has 0 saturated heterocycles. The van der Waals surface area contributed by atoms with Gasteiger partial charge in [0.15, 0.2) is 0 Å². The molecular weight excluding hydrogens is 244 g/mol. The predicted octanol–water partition coefficient (Wildman–Crippen LogP) is 2.66. The van der Waals surface area contributed by atoms with Crippen LogP contribution < -0.4 is 5.32 Å². The second kappa shape index (κ2) is 4.64. The molecule has 1 aliphatic rings. The number of hydrogen-bond acceptors (Lipinski definition) is 3. The van der Waals surface area contributed by atoms with Crippen molar-refractivity contribution in [2.24, 2.45) is 11.3 Å². The van der Waals surface area contributed by atoms with Crippen LogP contribution in [0, 0.1) is 21.4 Å². The SMILES string of the molecule is CC(C)(C)[C@@H](C[N+](=O)[O-])C1C(=O)Nc2ccccc21. The van der Waals surface area contributed by atoms with Crippen molar-refractivity contribution < 1.29 is 9.72 Å². The van der Waals surface area contributed by atoms with E-state index in [1.807, 2.05) is 45.0 Å². The highest BCUT2D eigenvalue weighted by atomic mass is 16.6. The number of hydrogen-bond donors (Lipinski definition) is 1. The van der Waals surface area contributed by atoms with E-state index in [1.54, 1.807) is 0 Å². The van der Waals surface area contributed by atoms with Crippen molar-refractivity contribution in [3.8, 4) is 0 Å². The number of anilines is 1. The minimum absolute atomic E-state index is 0.136. The summed E-state index contributed by atoms with van der Waals surface area (Å²) in [7, 11) is 0. The number of nitrogens with zero attached hydrogens (tertiary/aromatic N) is 1. The Kier molecular flexibility index (Phi) is 3.30. The number of para-hydroxylation sites is 1. The number of rotatable bonds is 3. The summed E-state index contributed by atoms with van der Waals surface area (Å²) in [6.07, 6.45) is 0. The Morgan fingerprint density at radius 1 is 1.37 bits per heavy atom. The maximum absolute atomic E-state index is 12.2. The van der Waals surface area contributed by atoms with Crippen LogP contribution in [0.15, 0.2) is 24.3 Å². The lowest BCUT2D eigenvalue weighted by Crippen LogP contribution is -2.36. The van der Waals surface area contributed by atoms with Crippen molar-refractivity contribution in [1.29, 1.82) is 0 Å². The molecule has 0 bridgehead atoms. The van der Waals surface area contributed by atoms with Gasteiger partial charge in [-0.05, 0) is 17.0 Å². The van der Waals surface area contributed by atoms with E-state index in [0.29, 0.717) is 0 Å². The second-order valence-corrected chi connectivity index (χ2v) is 6.04. The van der Waals surface area contributed by atoms with Gasteiger partial charge < -0.3 is 5.32 Å². The fourth-order valence-electron chi connectivity index (χ4n) is 2.67. The number of carbonyl (C=O) groups is 1. The van der Waals surface area contributed by atoms with Gasteiger partial charge in [-0.2, -0.15) is 0 Å². The molecule has 102 valence electrons. The normalized spacial score (nSPS) is 19.7. The van der Waals surface area contributed by atoms with E-state index in [-0.39, 0.29) is 28.7 Å². The van der Waals surface area contributed by atoms with Crippen molar-refractivity contribution in [2.75, 3.05) is 11.9 Å². The van der Waals surface area contributed by atoms with E-state index < -0.39 is 5.92 Å². The Hall–Kier alpha value is -1.91. The van der Waals surface area contributed by atoms with E-state index in [2.05, 4.69) is 5.32 Å². The summed E-state index contributed by atoms with van der Waals surface area (Å²) in [5, 5.41) is 13.7. The number of carbonyl (C=O) groups excluding carboxylic acids is 1. The number of benzene rings is 1. The van der Waals surface area contributed by atoms with Gasteiger partial charge in [-0.1, -0.05) is 39.0 Å². The van der Waals surface area contributed by atoms with Crippen LogP contribution in [0.4, 0.5) is 5.69 Å². The zero-order valence-corrected chi connectivity index (χ0v) is 11.3. The van der Waals surface area contributed by atoms with Crippen molar-refractivity contribution in [2.45, 2.75) is 26.7 Å². The second-order valence-electron chi connectivity index (χ2n) is 6.04. The van der Waals surface area contributed by atoms with Crippen molar-refractivity contribution in [3.05, 3.63) is 39.9 Å². The number of nitro groups is 1. The van der Waals surface area contributed by atoms with E-state index in [4.69, 9.17) is 0 Å². The highest BCUT2D eigenvalue weighted by Gasteiger charge is 2.44. The smallest absolute Gasteiger partial charge is 0.232 e.